The molecule has 0 aliphatic carbocycles. The number of carbonyl (C=O) groups is 3. The van der Waals surface area contributed by atoms with Crippen molar-refractivity contribution in [2.45, 2.75) is 44.8 Å². The standard InChI is InChI=1S/C19H27N3O4/c1-4-21(16(19(25)26)12-14-8-6-5-7-9-14)18(24)15-10-11-22(15)17(23)13(2)20-3/h5-9,13,15-16,20H,4,10-12H2,1-3H3,(H,25,26)/t13-,15-,16-/m0/s1. The minimum Gasteiger partial charge on any atom is -0.480 e. The lowest BCUT2D eigenvalue weighted by molar-refractivity contribution is -0.159. The maximum absolute atomic E-state index is 13.0. The number of carboxylic acids is 1. The quantitative estimate of drug-likeness (QED) is 0.713. The van der Waals surface area contributed by atoms with Crippen LogP contribution in [0.15, 0.2) is 30.3 Å². The lowest BCUT2D eigenvalue weighted by Crippen LogP contribution is -2.63. The fraction of sp³-hybridized carbons (Fsp3) is 0.526. The van der Waals surface area contributed by atoms with Crippen LogP contribution in [0.25, 0.3) is 0 Å². The first-order valence-corrected chi connectivity index (χ1v) is 8.95. The molecule has 1 aromatic carbocycles. The number of nitrogens with one attached hydrogen (secondary N) is 1. The first-order chi connectivity index (χ1) is 12.4. The van der Waals surface area contributed by atoms with Crippen LogP contribution in [0.3, 0.4) is 0 Å². The van der Waals surface area contributed by atoms with Crippen molar-refractivity contribution < 1.29 is 19.5 Å². The van der Waals surface area contributed by atoms with E-state index in [-0.39, 0.29) is 30.8 Å². The van der Waals surface area contributed by atoms with Crippen molar-refractivity contribution in [3.63, 3.8) is 0 Å². The monoisotopic (exact) mass is 361 g/mol. The minimum absolute atomic E-state index is 0.136. The van der Waals surface area contributed by atoms with Crippen molar-refractivity contribution in [2.75, 3.05) is 20.1 Å². The van der Waals surface area contributed by atoms with E-state index in [0.29, 0.717) is 13.0 Å². The Hall–Kier alpha value is -2.41. The molecule has 2 rings (SSSR count). The summed E-state index contributed by atoms with van der Waals surface area (Å²) in [5.41, 5.74) is 0.858. The van der Waals surface area contributed by atoms with E-state index < -0.39 is 18.1 Å². The van der Waals surface area contributed by atoms with Crippen LogP contribution in [0.4, 0.5) is 0 Å². The van der Waals surface area contributed by atoms with Gasteiger partial charge in [-0.3, -0.25) is 9.59 Å². The average Bonchev–Trinajstić information content (AvgIpc) is 2.60. The van der Waals surface area contributed by atoms with Crippen molar-refractivity contribution in [1.82, 2.24) is 15.1 Å². The Morgan fingerprint density at radius 3 is 2.42 bits per heavy atom. The molecule has 1 aliphatic heterocycles. The van der Waals surface area contributed by atoms with E-state index in [1.54, 1.807) is 20.9 Å². The molecular formula is C19H27N3O4. The number of hydrogen-bond acceptors (Lipinski definition) is 4. The fourth-order valence-corrected chi connectivity index (χ4v) is 3.17. The first kappa shape index (κ1) is 19.9. The summed E-state index contributed by atoms with van der Waals surface area (Å²) in [5, 5.41) is 12.6. The first-order valence-electron chi connectivity index (χ1n) is 8.95. The van der Waals surface area contributed by atoms with E-state index in [4.69, 9.17) is 0 Å². The van der Waals surface area contributed by atoms with Crippen molar-refractivity contribution in [3.8, 4) is 0 Å². The molecule has 7 nitrogen and oxygen atoms in total. The average molecular weight is 361 g/mol. The van der Waals surface area contributed by atoms with Gasteiger partial charge in [-0.15, -0.1) is 0 Å². The lowest BCUT2D eigenvalue weighted by Gasteiger charge is -2.44. The lowest BCUT2D eigenvalue weighted by atomic mass is 9.97. The number of likely N-dealkylation sites (N-methyl/N-ethyl adjacent to an activating group) is 2. The van der Waals surface area contributed by atoms with Gasteiger partial charge in [-0.05, 0) is 32.9 Å². The second kappa shape index (κ2) is 8.80. The normalized spacial score (nSPS) is 18.6. The molecule has 142 valence electrons. The van der Waals surface area contributed by atoms with Crippen molar-refractivity contribution in [2.24, 2.45) is 0 Å². The Labute approximate surface area is 154 Å². The molecule has 3 atom stereocenters. The van der Waals surface area contributed by atoms with Crippen LogP contribution in [-0.2, 0) is 20.8 Å². The van der Waals surface area contributed by atoms with Gasteiger partial charge in [-0.2, -0.15) is 0 Å². The molecular weight excluding hydrogens is 334 g/mol. The maximum atomic E-state index is 13.0. The summed E-state index contributed by atoms with van der Waals surface area (Å²) in [5.74, 6) is -1.47. The number of carboxylic acid groups (broad SMARTS) is 1. The van der Waals surface area contributed by atoms with Gasteiger partial charge in [0.2, 0.25) is 11.8 Å². The summed E-state index contributed by atoms with van der Waals surface area (Å²) in [6, 6.07) is 7.35. The predicted octanol–water partition coefficient (Wildman–Crippen LogP) is 0.740. The molecule has 1 heterocycles. The Bertz CT molecular complexity index is 649. The second-order valence-electron chi connectivity index (χ2n) is 6.51. The van der Waals surface area contributed by atoms with Crippen LogP contribution in [0, 0.1) is 0 Å². The van der Waals surface area contributed by atoms with Crippen molar-refractivity contribution >= 4 is 17.8 Å². The molecule has 0 spiro atoms. The van der Waals surface area contributed by atoms with Gasteiger partial charge in [0.15, 0.2) is 0 Å². The number of nitrogens with zero attached hydrogens (tertiary/aromatic N) is 2. The highest BCUT2D eigenvalue weighted by atomic mass is 16.4. The van der Waals surface area contributed by atoms with E-state index in [0.717, 1.165) is 5.56 Å². The van der Waals surface area contributed by atoms with E-state index in [1.165, 1.54) is 9.80 Å². The molecule has 26 heavy (non-hydrogen) atoms. The zero-order chi connectivity index (χ0) is 19.3. The zero-order valence-corrected chi connectivity index (χ0v) is 15.5. The molecule has 1 aromatic rings. The number of aliphatic carboxylic acids is 1. The zero-order valence-electron chi connectivity index (χ0n) is 15.5. The third-order valence-electron chi connectivity index (χ3n) is 4.95. The predicted molar refractivity (Wildman–Crippen MR) is 97.6 cm³/mol. The van der Waals surface area contributed by atoms with Gasteiger partial charge in [0.05, 0.1) is 6.04 Å². The number of likely N-dealkylation sites (tertiary alicyclic amines) is 1. The van der Waals surface area contributed by atoms with Gasteiger partial charge >= 0.3 is 5.97 Å². The molecule has 2 amide bonds. The Morgan fingerprint density at radius 2 is 1.96 bits per heavy atom. The van der Waals surface area contributed by atoms with E-state index in [1.807, 2.05) is 30.3 Å². The molecule has 0 aromatic heterocycles. The molecule has 1 aliphatic rings. The topological polar surface area (TPSA) is 90.0 Å². The summed E-state index contributed by atoms with van der Waals surface area (Å²) < 4.78 is 0. The van der Waals surface area contributed by atoms with Gasteiger partial charge in [-0.25, -0.2) is 4.79 Å². The molecule has 1 saturated heterocycles. The third kappa shape index (κ3) is 4.22. The van der Waals surface area contributed by atoms with Crippen LogP contribution >= 0.6 is 0 Å². The summed E-state index contributed by atoms with van der Waals surface area (Å²) in [4.78, 5) is 40.1. The van der Waals surface area contributed by atoms with Crippen molar-refractivity contribution in [1.29, 1.82) is 0 Å². The molecule has 1 fully saturated rings. The third-order valence-corrected chi connectivity index (χ3v) is 4.95. The molecule has 0 saturated carbocycles. The highest BCUT2D eigenvalue weighted by molar-refractivity contribution is 5.93. The highest BCUT2D eigenvalue weighted by Crippen LogP contribution is 2.23. The molecule has 7 heteroatoms. The SMILES string of the molecule is CCN(C(=O)[C@@H]1CCN1C(=O)[C@H](C)NC)[C@@H](Cc1ccccc1)C(=O)O. The van der Waals surface area contributed by atoms with Crippen LogP contribution < -0.4 is 5.32 Å². The van der Waals surface area contributed by atoms with Gasteiger partial charge in [-0.1, -0.05) is 30.3 Å². The molecule has 0 radical (unpaired) electrons. The van der Waals surface area contributed by atoms with Gasteiger partial charge in [0, 0.05) is 19.5 Å². The fourth-order valence-electron chi connectivity index (χ4n) is 3.17. The molecule has 0 unspecified atom stereocenters. The highest BCUT2D eigenvalue weighted by Gasteiger charge is 2.43. The minimum atomic E-state index is -1.04. The van der Waals surface area contributed by atoms with Crippen molar-refractivity contribution in [3.05, 3.63) is 35.9 Å². The Kier molecular flexibility index (Phi) is 6.74. The summed E-state index contributed by atoms with van der Waals surface area (Å²) >= 11 is 0. The summed E-state index contributed by atoms with van der Waals surface area (Å²) in [7, 11) is 1.69. The van der Waals surface area contributed by atoms with E-state index >= 15 is 0 Å². The van der Waals surface area contributed by atoms with Gasteiger partial charge in [0.1, 0.15) is 12.1 Å². The van der Waals surface area contributed by atoms with Crippen LogP contribution in [0.1, 0.15) is 25.8 Å². The summed E-state index contributed by atoms with van der Waals surface area (Å²) in [6.45, 7) is 4.31. The Morgan fingerprint density at radius 1 is 1.31 bits per heavy atom. The van der Waals surface area contributed by atoms with Crippen LogP contribution in [0.5, 0.6) is 0 Å². The molecule has 2 N–H and O–H groups in total. The van der Waals surface area contributed by atoms with E-state index in [2.05, 4.69) is 5.32 Å². The maximum Gasteiger partial charge on any atom is 0.326 e. The largest absolute Gasteiger partial charge is 0.480 e. The number of amides is 2. The number of benzene rings is 1. The number of rotatable bonds is 8. The van der Waals surface area contributed by atoms with Crippen LogP contribution in [0.2, 0.25) is 0 Å². The van der Waals surface area contributed by atoms with Crippen LogP contribution in [-0.4, -0.2) is 71.0 Å². The van der Waals surface area contributed by atoms with Gasteiger partial charge < -0.3 is 20.2 Å². The number of hydrogen-bond donors (Lipinski definition) is 2. The summed E-state index contributed by atoms with van der Waals surface area (Å²) in [6.07, 6.45) is 0.804. The Balaban J connectivity index is 2.15. The number of carbonyl (C=O) groups excluding carboxylic acids is 2. The second-order valence-corrected chi connectivity index (χ2v) is 6.51. The van der Waals surface area contributed by atoms with Gasteiger partial charge in [0.25, 0.3) is 0 Å². The molecule has 0 bridgehead atoms. The smallest absolute Gasteiger partial charge is 0.326 e. The van der Waals surface area contributed by atoms with E-state index in [9.17, 15) is 19.5 Å².